The average Bonchev–Trinajstić information content (AvgIpc) is 2.55. The van der Waals surface area contributed by atoms with Gasteiger partial charge in [-0.15, -0.1) is 0 Å². The molecule has 1 aromatic rings. The van der Waals surface area contributed by atoms with Gasteiger partial charge in [0.15, 0.2) is 0 Å². The van der Waals surface area contributed by atoms with Gasteiger partial charge in [-0.2, -0.15) is 0 Å². The summed E-state index contributed by atoms with van der Waals surface area (Å²) >= 11 is 6.36. The number of fused-ring (bicyclic) bond motifs is 1. The summed E-state index contributed by atoms with van der Waals surface area (Å²) in [5.41, 5.74) is 5.82. The van der Waals surface area contributed by atoms with Crippen molar-refractivity contribution < 1.29 is 0 Å². The van der Waals surface area contributed by atoms with Gasteiger partial charge in [-0.1, -0.05) is 32.4 Å². The van der Waals surface area contributed by atoms with Crippen molar-refractivity contribution in [2.45, 2.75) is 58.9 Å². The Hall–Kier alpha value is -0.530. The van der Waals surface area contributed by atoms with E-state index in [0.29, 0.717) is 6.04 Å². The molecule has 0 heterocycles. The van der Waals surface area contributed by atoms with Gasteiger partial charge in [0.2, 0.25) is 0 Å². The Labute approximate surface area is 116 Å². The molecule has 1 N–H and O–H groups in total. The Morgan fingerprint density at radius 3 is 2.67 bits per heavy atom. The van der Waals surface area contributed by atoms with Gasteiger partial charge in [-0.25, -0.2) is 0 Å². The van der Waals surface area contributed by atoms with Gasteiger partial charge in [-0.05, 0) is 67.0 Å². The van der Waals surface area contributed by atoms with Crippen LogP contribution in [0.2, 0.25) is 5.02 Å². The molecule has 2 heteroatoms. The standard InChI is InChI=1S/C16H24ClN/c1-6-7-18-13-9-16(4,5)15-10(2)8-12(17)11(3)14(13)15/h8,13,18H,6-7,9H2,1-5H3. The average molecular weight is 266 g/mol. The predicted octanol–water partition coefficient (Wildman–Crippen LogP) is 4.68. The van der Waals surface area contributed by atoms with Crippen molar-refractivity contribution in [1.82, 2.24) is 5.32 Å². The number of aryl methyl sites for hydroxylation is 1. The molecule has 0 fully saturated rings. The van der Waals surface area contributed by atoms with E-state index in [1.165, 1.54) is 35.1 Å². The minimum Gasteiger partial charge on any atom is -0.310 e. The van der Waals surface area contributed by atoms with Crippen molar-refractivity contribution in [3.05, 3.63) is 33.3 Å². The van der Waals surface area contributed by atoms with Crippen molar-refractivity contribution in [2.75, 3.05) is 6.54 Å². The number of benzene rings is 1. The van der Waals surface area contributed by atoms with Crippen LogP contribution in [0, 0.1) is 13.8 Å². The number of nitrogens with one attached hydrogen (secondary N) is 1. The third-order valence-corrected chi connectivity index (χ3v) is 4.54. The predicted molar refractivity (Wildman–Crippen MR) is 79.6 cm³/mol. The molecule has 18 heavy (non-hydrogen) atoms. The maximum absolute atomic E-state index is 6.36. The fraction of sp³-hybridized carbons (Fsp3) is 0.625. The van der Waals surface area contributed by atoms with Crippen LogP contribution in [0.15, 0.2) is 6.07 Å². The highest BCUT2D eigenvalue weighted by atomic mass is 35.5. The zero-order valence-corrected chi connectivity index (χ0v) is 12.9. The van der Waals surface area contributed by atoms with Gasteiger partial charge < -0.3 is 5.32 Å². The van der Waals surface area contributed by atoms with Crippen molar-refractivity contribution >= 4 is 11.6 Å². The van der Waals surface area contributed by atoms with Crippen molar-refractivity contribution in [3.8, 4) is 0 Å². The van der Waals surface area contributed by atoms with E-state index in [9.17, 15) is 0 Å². The van der Waals surface area contributed by atoms with E-state index in [4.69, 9.17) is 11.6 Å². The molecule has 1 aliphatic rings. The van der Waals surface area contributed by atoms with Crippen LogP contribution in [-0.4, -0.2) is 6.54 Å². The molecule has 0 radical (unpaired) electrons. The van der Waals surface area contributed by atoms with E-state index in [1.807, 2.05) is 0 Å². The third-order valence-electron chi connectivity index (χ3n) is 4.15. The van der Waals surface area contributed by atoms with E-state index >= 15 is 0 Å². The maximum Gasteiger partial charge on any atom is 0.0441 e. The zero-order chi connectivity index (χ0) is 13.5. The van der Waals surface area contributed by atoms with E-state index < -0.39 is 0 Å². The van der Waals surface area contributed by atoms with Crippen molar-refractivity contribution in [2.24, 2.45) is 0 Å². The minimum absolute atomic E-state index is 0.250. The van der Waals surface area contributed by atoms with Crippen molar-refractivity contribution in [1.29, 1.82) is 0 Å². The first-order chi connectivity index (χ1) is 8.38. The third kappa shape index (κ3) is 2.19. The quantitative estimate of drug-likeness (QED) is 0.837. The summed E-state index contributed by atoms with van der Waals surface area (Å²) in [4.78, 5) is 0. The molecule has 0 saturated heterocycles. The first kappa shape index (κ1) is 13.9. The highest BCUT2D eigenvalue weighted by Gasteiger charge is 2.39. The van der Waals surface area contributed by atoms with Crippen LogP contribution >= 0.6 is 11.6 Å². The lowest BCUT2D eigenvalue weighted by molar-refractivity contribution is 0.426. The highest BCUT2D eigenvalue weighted by molar-refractivity contribution is 6.31. The molecule has 1 aliphatic carbocycles. The molecule has 0 aliphatic heterocycles. The Morgan fingerprint density at radius 2 is 2.06 bits per heavy atom. The molecule has 0 spiro atoms. The van der Waals surface area contributed by atoms with Crippen LogP contribution in [0.1, 0.15) is 61.9 Å². The molecule has 0 bridgehead atoms. The van der Waals surface area contributed by atoms with Crippen LogP contribution in [-0.2, 0) is 5.41 Å². The minimum atomic E-state index is 0.250. The fourth-order valence-electron chi connectivity index (χ4n) is 3.44. The molecule has 0 aromatic heterocycles. The lowest BCUT2D eigenvalue weighted by atomic mass is 9.83. The Morgan fingerprint density at radius 1 is 1.39 bits per heavy atom. The van der Waals surface area contributed by atoms with Crippen LogP contribution in [0.25, 0.3) is 0 Å². The van der Waals surface area contributed by atoms with E-state index in [1.54, 1.807) is 0 Å². The zero-order valence-electron chi connectivity index (χ0n) is 12.2. The molecule has 0 saturated carbocycles. The first-order valence-corrected chi connectivity index (χ1v) is 7.29. The molecular weight excluding hydrogens is 242 g/mol. The molecule has 1 nitrogen and oxygen atoms in total. The number of hydrogen-bond donors (Lipinski definition) is 1. The Bertz CT molecular complexity index is 463. The molecule has 1 unspecified atom stereocenters. The van der Waals surface area contributed by atoms with Gasteiger partial charge in [0.1, 0.15) is 0 Å². The van der Waals surface area contributed by atoms with Crippen LogP contribution < -0.4 is 5.32 Å². The summed E-state index contributed by atoms with van der Waals surface area (Å²) in [5.74, 6) is 0. The SMILES string of the molecule is CCCNC1CC(C)(C)c2c(C)cc(Cl)c(C)c21. The maximum atomic E-state index is 6.36. The summed E-state index contributed by atoms with van der Waals surface area (Å²) in [6, 6.07) is 2.59. The van der Waals surface area contributed by atoms with E-state index in [2.05, 4.69) is 46.0 Å². The van der Waals surface area contributed by atoms with Gasteiger partial charge in [-0.3, -0.25) is 0 Å². The summed E-state index contributed by atoms with van der Waals surface area (Å²) in [6.07, 6.45) is 2.34. The fourth-order valence-corrected chi connectivity index (χ4v) is 3.71. The monoisotopic (exact) mass is 265 g/mol. The Kier molecular flexibility index (Phi) is 3.75. The largest absolute Gasteiger partial charge is 0.310 e. The van der Waals surface area contributed by atoms with Crippen molar-refractivity contribution in [3.63, 3.8) is 0 Å². The number of rotatable bonds is 3. The topological polar surface area (TPSA) is 12.0 Å². The number of halogens is 1. The van der Waals surface area contributed by atoms with E-state index in [-0.39, 0.29) is 5.41 Å². The summed E-state index contributed by atoms with van der Waals surface area (Å²) in [7, 11) is 0. The van der Waals surface area contributed by atoms with Gasteiger partial charge in [0.05, 0.1) is 0 Å². The van der Waals surface area contributed by atoms with Crippen LogP contribution in [0.5, 0.6) is 0 Å². The molecule has 1 aromatic carbocycles. The molecule has 2 rings (SSSR count). The second-order valence-electron chi connectivity index (χ2n) is 6.18. The summed E-state index contributed by atoms with van der Waals surface area (Å²) < 4.78 is 0. The summed E-state index contributed by atoms with van der Waals surface area (Å²) in [6.45, 7) is 12.3. The second-order valence-corrected chi connectivity index (χ2v) is 6.59. The smallest absolute Gasteiger partial charge is 0.0441 e. The summed E-state index contributed by atoms with van der Waals surface area (Å²) in [5, 5.41) is 4.59. The van der Waals surface area contributed by atoms with Crippen LogP contribution in [0.3, 0.4) is 0 Å². The van der Waals surface area contributed by atoms with E-state index in [0.717, 1.165) is 11.6 Å². The lowest BCUT2D eigenvalue weighted by Gasteiger charge is -2.22. The van der Waals surface area contributed by atoms with Crippen LogP contribution in [0.4, 0.5) is 0 Å². The molecule has 0 amide bonds. The second kappa shape index (κ2) is 4.86. The highest BCUT2D eigenvalue weighted by Crippen LogP contribution is 2.48. The van der Waals surface area contributed by atoms with Gasteiger partial charge >= 0.3 is 0 Å². The first-order valence-electron chi connectivity index (χ1n) is 6.92. The number of hydrogen-bond acceptors (Lipinski definition) is 1. The molecule has 100 valence electrons. The molecular formula is C16H24ClN. The molecule has 1 atom stereocenters. The van der Waals surface area contributed by atoms with Gasteiger partial charge in [0.25, 0.3) is 0 Å². The normalized spacial score (nSPS) is 21.1. The lowest BCUT2D eigenvalue weighted by Crippen LogP contribution is -2.22. The van der Waals surface area contributed by atoms with Gasteiger partial charge in [0, 0.05) is 11.1 Å². The Balaban J connectivity index is 2.53.